The van der Waals surface area contributed by atoms with Gasteiger partial charge >= 0.3 is 0 Å². The Kier molecular flexibility index (Phi) is 7.14. The van der Waals surface area contributed by atoms with Crippen molar-refractivity contribution >= 4 is 11.9 Å². The summed E-state index contributed by atoms with van der Waals surface area (Å²) in [5, 5.41) is 68.5. The van der Waals surface area contributed by atoms with Crippen LogP contribution in [0.3, 0.4) is 0 Å². The van der Waals surface area contributed by atoms with Crippen molar-refractivity contribution in [3.63, 3.8) is 0 Å². The van der Waals surface area contributed by atoms with Gasteiger partial charge in [-0.3, -0.25) is 4.79 Å². The summed E-state index contributed by atoms with van der Waals surface area (Å²) in [4.78, 5) is 12.2. The van der Waals surface area contributed by atoms with Crippen LogP contribution in [-0.4, -0.2) is 84.9 Å². The number of phenols is 2. The van der Waals surface area contributed by atoms with Gasteiger partial charge in [0.15, 0.2) is 11.4 Å². The summed E-state index contributed by atoms with van der Waals surface area (Å²) in [7, 11) is 0. The van der Waals surface area contributed by atoms with Crippen molar-refractivity contribution in [2.45, 2.75) is 30.2 Å². The van der Waals surface area contributed by atoms with Crippen LogP contribution in [0.1, 0.15) is 15.9 Å². The molecule has 1 heterocycles. The first kappa shape index (κ1) is 23.7. The third-order valence-corrected chi connectivity index (χ3v) is 5.15. The third-order valence-electron chi connectivity index (χ3n) is 5.15. The van der Waals surface area contributed by atoms with E-state index < -0.39 is 49.2 Å². The third kappa shape index (κ3) is 4.75. The topological polar surface area (TPSA) is 177 Å². The van der Waals surface area contributed by atoms with E-state index >= 15 is 0 Å². The van der Waals surface area contributed by atoms with Crippen molar-refractivity contribution in [2.24, 2.45) is 0 Å². The van der Waals surface area contributed by atoms with Crippen LogP contribution in [0.25, 0.3) is 6.08 Å². The molecule has 0 aromatic heterocycles. The maximum Gasteiger partial charge on any atom is 0.234 e. The van der Waals surface area contributed by atoms with Crippen LogP contribution in [0.5, 0.6) is 17.2 Å². The average molecular weight is 448 g/mol. The molecule has 1 saturated heterocycles. The van der Waals surface area contributed by atoms with Crippen LogP contribution < -0.4 is 4.74 Å². The maximum atomic E-state index is 12.2. The van der Waals surface area contributed by atoms with Crippen molar-refractivity contribution in [2.75, 3.05) is 13.2 Å². The summed E-state index contributed by atoms with van der Waals surface area (Å²) in [6.45, 7) is -1.62. The first-order valence-electron chi connectivity index (χ1n) is 9.66. The lowest BCUT2D eigenvalue weighted by Gasteiger charge is -2.46. The van der Waals surface area contributed by atoms with Crippen molar-refractivity contribution in [3.8, 4) is 17.2 Å². The van der Waals surface area contributed by atoms with Crippen molar-refractivity contribution in [1.82, 2.24) is 0 Å². The number of aliphatic hydroxyl groups excluding tert-OH is 4. The molecule has 0 amide bonds. The van der Waals surface area contributed by atoms with Crippen molar-refractivity contribution in [1.29, 1.82) is 0 Å². The number of benzene rings is 2. The zero-order chi connectivity index (χ0) is 23.5. The van der Waals surface area contributed by atoms with Gasteiger partial charge in [-0.1, -0.05) is 18.2 Å². The Bertz CT molecular complexity index is 973. The second-order valence-corrected chi connectivity index (χ2v) is 7.36. The predicted octanol–water partition coefficient (Wildman–Crippen LogP) is -0.465. The Morgan fingerprint density at radius 3 is 2.38 bits per heavy atom. The number of allylic oxidation sites excluding steroid dienone is 1. The van der Waals surface area contributed by atoms with E-state index in [4.69, 9.17) is 9.47 Å². The molecule has 0 spiro atoms. The summed E-state index contributed by atoms with van der Waals surface area (Å²) in [5.74, 6) is -0.808. The average Bonchev–Trinajstić information content (AvgIpc) is 2.78. The van der Waals surface area contributed by atoms with Crippen LogP contribution in [0, 0.1) is 0 Å². The highest BCUT2D eigenvalue weighted by atomic mass is 16.7. The molecule has 0 bridgehead atoms. The molecule has 10 heteroatoms. The Labute approximate surface area is 182 Å². The number of aromatic hydroxyl groups is 2. The summed E-state index contributed by atoms with van der Waals surface area (Å²) < 4.78 is 10.8. The zero-order valence-electron chi connectivity index (χ0n) is 16.8. The molecule has 1 aliphatic rings. The number of ketones is 1. The predicted molar refractivity (Wildman–Crippen MR) is 110 cm³/mol. The molecule has 10 nitrogen and oxygen atoms in total. The number of carbonyl (C=O) groups excluding carboxylic acids is 1. The van der Waals surface area contributed by atoms with Crippen LogP contribution in [-0.2, 0) is 4.74 Å². The van der Waals surface area contributed by atoms with Gasteiger partial charge in [0.25, 0.3) is 0 Å². The van der Waals surface area contributed by atoms with Crippen LogP contribution in [0.4, 0.5) is 0 Å². The molecule has 1 unspecified atom stereocenters. The molecule has 0 saturated carbocycles. The van der Waals surface area contributed by atoms with Crippen LogP contribution >= 0.6 is 0 Å². The Balaban J connectivity index is 1.71. The summed E-state index contributed by atoms with van der Waals surface area (Å²) in [6.07, 6.45) is -3.54. The van der Waals surface area contributed by atoms with E-state index in [0.29, 0.717) is 5.56 Å². The quantitative estimate of drug-likeness (QED) is 0.216. The molecule has 0 aliphatic carbocycles. The first-order valence-corrected chi connectivity index (χ1v) is 9.66. The molecular formula is C22H24O10. The fourth-order valence-electron chi connectivity index (χ4n) is 3.22. The lowest BCUT2D eigenvalue weighted by molar-refractivity contribution is -0.327. The fourth-order valence-corrected chi connectivity index (χ4v) is 3.22. The SMILES string of the molecule is O=C(/C=C/c1ccc(OC2O[C@@H](CO)[C@H](O)[C@@H](O)[C@@]2(O)CO)cc1)c1ccc(O)cc1O. The molecule has 5 atom stereocenters. The first-order chi connectivity index (χ1) is 15.2. The standard InChI is InChI=1S/C22H24O10/c23-10-18-19(28)20(29)22(30,11-24)21(32-18)31-14-5-1-12(2-6-14)3-8-16(26)15-7-4-13(25)9-17(15)27/h1-9,18-21,23-25,27-30H,10-11H2/b8-3+/t18-,19-,20+,21?,22-/m0/s1. The lowest BCUT2D eigenvalue weighted by Crippen LogP contribution is -2.69. The zero-order valence-corrected chi connectivity index (χ0v) is 16.8. The number of rotatable bonds is 7. The minimum absolute atomic E-state index is 0.0240. The highest BCUT2D eigenvalue weighted by molar-refractivity contribution is 6.08. The molecule has 172 valence electrons. The molecule has 2 aromatic rings. The van der Waals surface area contributed by atoms with Gasteiger partial charge in [-0.2, -0.15) is 0 Å². The smallest absolute Gasteiger partial charge is 0.234 e. The molecule has 0 radical (unpaired) electrons. The van der Waals surface area contributed by atoms with Gasteiger partial charge in [-0.05, 0) is 35.9 Å². The fraction of sp³-hybridized carbons (Fsp3) is 0.318. The Morgan fingerprint density at radius 1 is 1.09 bits per heavy atom. The largest absolute Gasteiger partial charge is 0.508 e. The normalized spacial score (nSPS) is 28.0. The van der Waals surface area contributed by atoms with Crippen LogP contribution in [0.2, 0.25) is 0 Å². The van der Waals surface area contributed by atoms with Crippen molar-refractivity contribution in [3.05, 3.63) is 59.7 Å². The Hall–Kier alpha value is -2.99. The van der Waals surface area contributed by atoms with E-state index in [0.717, 1.165) is 6.07 Å². The van der Waals surface area contributed by atoms with E-state index in [1.165, 1.54) is 36.4 Å². The monoisotopic (exact) mass is 448 g/mol. The van der Waals surface area contributed by atoms with E-state index in [-0.39, 0.29) is 22.8 Å². The molecule has 3 rings (SSSR count). The minimum atomic E-state index is -2.33. The summed E-state index contributed by atoms with van der Waals surface area (Å²) in [6, 6.07) is 9.75. The molecule has 1 fully saturated rings. The molecule has 1 aliphatic heterocycles. The highest BCUT2D eigenvalue weighted by Gasteiger charge is 2.56. The number of hydrogen-bond donors (Lipinski definition) is 7. The van der Waals surface area contributed by atoms with E-state index in [9.17, 15) is 40.5 Å². The second-order valence-electron chi connectivity index (χ2n) is 7.36. The summed E-state index contributed by atoms with van der Waals surface area (Å²) in [5.41, 5.74) is -1.71. The number of ether oxygens (including phenoxy) is 2. The maximum absolute atomic E-state index is 12.2. The van der Waals surface area contributed by atoms with E-state index in [2.05, 4.69) is 0 Å². The molecule has 7 N–H and O–H groups in total. The van der Waals surface area contributed by atoms with Gasteiger partial charge < -0.3 is 45.2 Å². The van der Waals surface area contributed by atoms with Gasteiger partial charge in [0, 0.05) is 6.07 Å². The second kappa shape index (κ2) is 9.65. The van der Waals surface area contributed by atoms with Gasteiger partial charge in [-0.25, -0.2) is 0 Å². The van der Waals surface area contributed by atoms with E-state index in [1.807, 2.05) is 0 Å². The summed E-state index contributed by atoms with van der Waals surface area (Å²) >= 11 is 0. The minimum Gasteiger partial charge on any atom is -0.508 e. The van der Waals surface area contributed by atoms with Gasteiger partial charge in [0.2, 0.25) is 6.29 Å². The van der Waals surface area contributed by atoms with Gasteiger partial charge in [-0.15, -0.1) is 0 Å². The lowest BCUT2D eigenvalue weighted by atomic mass is 9.87. The Morgan fingerprint density at radius 2 is 1.78 bits per heavy atom. The van der Waals surface area contributed by atoms with Crippen LogP contribution in [0.15, 0.2) is 48.5 Å². The molecule has 2 aromatic carbocycles. The number of hydrogen-bond acceptors (Lipinski definition) is 10. The van der Waals surface area contributed by atoms with Gasteiger partial charge in [0.05, 0.1) is 18.8 Å². The molecular weight excluding hydrogens is 424 g/mol. The van der Waals surface area contributed by atoms with Crippen molar-refractivity contribution < 1.29 is 50.0 Å². The van der Waals surface area contributed by atoms with Gasteiger partial charge in [0.1, 0.15) is 35.6 Å². The van der Waals surface area contributed by atoms with E-state index in [1.54, 1.807) is 12.1 Å². The molecule has 32 heavy (non-hydrogen) atoms. The number of carbonyl (C=O) groups is 1. The number of phenolic OH excluding ortho intramolecular Hbond substituents is 2. The highest BCUT2D eigenvalue weighted by Crippen LogP contribution is 2.32. The number of aliphatic hydroxyl groups is 5.